The number of benzene rings is 1. The van der Waals surface area contributed by atoms with Crippen LogP contribution < -0.4 is 5.32 Å². The summed E-state index contributed by atoms with van der Waals surface area (Å²) in [6.07, 6.45) is -0.493. The van der Waals surface area contributed by atoms with E-state index in [1.807, 2.05) is 18.3 Å². The number of likely N-dealkylation sites (N-methyl/N-ethyl adjacent to an activating group) is 1. The molecule has 0 aliphatic rings. The number of phenols is 1. The zero-order valence-corrected chi connectivity index (χ0v) is 7.77. The molecule has 0 aliphatic heterocycles. The lowest BCUT2D eigenvalue weighted by Crippen LogP contribution is -2.84. The molecular weight excluding hydrogens is 166 g/mol. The third-order valence-electron chi connectivity index (χ3n) is 1.93. The number of aromatic hydroxyl groups is 1. The SMILES string of the molecule is CC[NH2+]C[C@H](O)c1cccc(O)c1. The van der Waals surface area contributed by atoms with Gasteiger partial charge in [0.15, 0.2) is 0 Å². The third kappa shape index (κ3) is 3.05. The standard InChI is InChI=1S/C10H15NO2/c1-2-11-7-10(13)8-4-3-5-9(12)6-8/h3-6,10-13H,2,7H2,1H3/p+1/t10-/m0/s1. The number of aliphatic hydroxyl groups is 1. The second-order valence-electron chi connectivity index (χ2n) is 3.04. The summed E-state index contributed by atoms with van der Waals surface area (Å²) >= 11 is 0. The first kappa shape index (κ1) is 10.0. The summed E-state index contributed by atoms with van der Waals surface area (Å²) in [5, 5.41) is 20.8. The van der Waals surface area contributed by atoms with Crippen LogP contribution in [0.15, 0.2) is 24.3 Å². The van der Waals surface area contributed by atoms with E-state index in [0.29, 0.717) is 6.54 Å². The Morgan fingerprint density at radius 1 is 1.46 bits per heavy atom. The van der Waals surface area contributed by atoms with Crippen molar-refractivity contribution >= 4 is 0 Å². The van der Waals surface area contributed by atoms with E-state index >= 15 is 0 Å². The third-order valence-corrected chi connectivity index (χ3v) is 1.93. The highest BCUT2D eigenvalue weighted by atomic mass is 16.3. The molecule has 13 heavy (non-hydrogen) atoms. The van der Waals surface area contributed by atoms with Gasteiger partial charge in [0.2, 0.25) is 0 Å². The van der Waals surface area contributed by atoms with Gasteiger partial charge in [0.25, 0.3) is 0 Å². The van der Waals surface area contributed by atoms with E-state index in [0.717, 1.165) is 12.1 Å². The maximum absolute atomic E-state index is 9.63. The first-order valence-electron chi connectivity index (χ1n) is 4.52. The fraction of sp³-hybridized carbons (Fsp3) is 0.400. The highest BCUT2D eigenvalue weighted by Gasteiger charge is 2.08. The van der Waals surface area contributed by atoms with Gasteiger partial charge in [0.05, 0.1) is 6.54 Å². The van der Waals surface area contributed by atoms with Gasteiger partial charge in [-0.05, 0) is 24.6 Å². The van der Waals surface area contributed by atoms with Crippen LogP contribution in [0.3, 0.4) is 0 Å². The Bertz CT molecular complexity index is 263. The molecule has 0 saturated heterocycles. The minimum Gasteiger partial charge on any atom is -0.508 e. The maximum Gasteiger partial charge on any atom is 0.128 e. The van der Waals surface area contributed by atoms with Crippen molar-refractivity contribution in [3.05, 3.63) is 29.8 Å². The molecule has 3 heteroatoms. The largest absolute Gasteiger partial charge is 0.508 e. The second kappa shape index (κ2) is 4.84. The second-order valence-corrected chi connectivity index (χ2v) is 3.04. The van der Waals surface area contributed by atoms with Crippen LogP contribution in [0.1, 0.15) is 18.6 Å². The summed E-state index contributed by atoms with van der Waals surface area (Å²) in [5.74, 6) is 0.202. The molecule has 0 saturated carbocycles. The van der Waals surface area contributed by atoms with Crippen LogP contribution in [0.4, 0.5) is 0 Å². The quantitative estimate of drug-likeness (QED) is 0.614. The maximum atomic E-state index is 9.63. The molecular formula is C10H16NO2+. The van der Waals surface area contributed by atoms with Gasteiger partial charge in [-0.25, -0.2) is 0 Å². The van der Waals surface area contributed by atoms with Crippen molar-refractivity contribution in [2.75, 3.05) is 13.1 Å². The molecule has 0 unspecified atom stereocenters. The lowest BCUT2D eigenvalue weighted by molar-refractivity contribution is -0.658. The van der Waals surface area contributed by atoms with Crippen LogP contribution in [-0.4, -0.2) is 23.3 Å². The van der Waals surface area contributed by atoms with Crippen LogP contribution in [0.25, 0.3) is 0 Å². The van der Waals surface area contributed by atoms with Crippen molar-refractivity contribution in [3.63, 3.8) is 0 Å². The van der Waals surface area contributed by atoms with Crippen molar-refractivity contribution in [1.82, 2.24) is 0 Å². The number of quaternary nitrogens is 1. The van der Waals surface area contributed by atoms with E-state index in [1.165, 1.54) is 0 Å². The highest BCUT2D eigenvalue weighted by Crippen LogP contribution is 2.16. The predicted molar refractivity (Wildman–Crippen MR) is 50.4 cm³/mol. The fourth-order valence-electron chi connectivity index (χ4n) is 1.19. The first-order valence-corrected chi connectivity index (χ1v) is 4.52. The van der Waals surface area contributed by atoms with Gasteiger partial charge in [-0.3, -0.25) is 0 Å². The smallest absolute Gasteiger partial charge is 0.128 e. The number of aliphatic hydroxyl groups excluding tert-OH is 1. The minimum atomic E-state index is -0.493. The molecule has 0 radical (unpaired) electrons. The molecule has 72 valence electrons. The molecule has 4 N–H and O–H groups in total. The topological polar surface area (TPSA) is 57.1 Å². The Hall–Kier alpha value is -1.06. The number of hydrogen-bond donors (Lipinski definition) is 3. The summed E-state index contributed by atoms with van der Waals surface area (Å²) < 4.78 is 0. The summed E-state index contributed by atoms with van der Waals surface area (Å²) in [4.78, 5) is 0. The molecule has 1 aromatic rings. The van der Waals surface area contributed by atoms with Gasteiger partial charge in [0, 0.05) is 0 Å². The van der Waals surface area contributed by atoms with E-state index in [9.17, 15) is 5.11 Å². The monoisotopic (exact) mass is 182 g/mol. The summed E-state index contributed by atoms with van der Waals surface area (Å²) in [5.41, 5.74) is 0.768. The Balaban J connectivity index is 2.60. The molecule has 0 aliphatic carbocycles. The van der Waals surface area contributed by atoms with Gasteiger partial charge in [0.1, 0.15) is 18.4 Å². The molecule has 0 heterocycles. The summed E-state index contributed by atoms with van der Waals surface area (Å²) in [7, 11) is 0. The molecule has 1 aromatic carbocycles. The van der Waals surface area contributed by atoms with Crippen molar-refractivity contribution < 1.29 is 15.5 Å². The first-order chi connectivity index (χ1) is 6.24. The Labute approximate surface area is 78.0 Å². The fourth-order valence-corrected chi connectivity index (χ4v) is 1.19. The van der Waals surface area contributed by atoms with Crippen molar-refractivity contribution in [1.29, 1.82) is 0 Å². The van der Waals surface area contributed by atoms with Crippen LogP contribution in [0, 0.1) is 0 Å². The van der Waals surface area contributed by atoms with E-state index in [-0.39, 0.29) is 5.75 Å². The van der Waals surface area contributed by atoms with Crippen LogP contribution in [0.5, 0.6) is 5.75 Å². The number of hydrogen-bond acceptors (Lipinski definition) is 2. The highest BCUT2D eigenvalue weighted by molar-refractivity contribution is 5.28. The van der Waals surface area contributed by atoms with Crippen LogP contribution >= 0.6 is 0 Å². The molecule has 3 nitrogen and oxygen atoms in total. The van der Waals surface area contributed by atoms with Gasteiger partial charge >= 0.3 is 0 Å². The van der Waals surface area contributed by atoms with E-state index in [2.05, 4.69) is 0 Å². The molecule has 0 amide bonds. The average molecular weight is 182 g/mol. The van der Waals surface area contributed by atoms with Crippen molar-refractivity contribution in [3.8, 4) is 5.75 Å². The molecule has 0 aromatic heterocycles. The lowest BCUT2D eigenvalue weighted by Gasteiger charge is -2.08. The minimum absolute atomic E-state index is 0.202. The Kier molecular flexibility index (Phi) is 3.73. The van der Waals surface area contributed by atoms with E-state index in [1.54, 1.807) is 18.2 Å². The van der Waals surface area contributed by atoms with Crippen molar-refractivity contribution in [2.45, 2.75) is 13.0 Å². The molecule has 0 bridgehead atoms. The van der Waals surface area contributed by atoms with E-state index < -0.39 is 6.10 Å². The molecule has 1 rings (SSSR count). The van der Waals surface area contributed by atoms with Gasteiger partial charge in [-0.2, -0.15) is 0 Å². The number of rotatable bonds is 4. The van der Waals surface area contributed by atoms with Crippen molar-refractivity contribution in [2.24, 2.45) is 0 Å². The Morgan fingerprint density at radius 3 is 2.85 bits per heavy atom. The molecule has 1 atom stereocenters. The normalized spacial score (nSPS) is 12.8. The van der Waals surface area contributed by atoms with Gasteiger partial charge < -0.3 is 15.5 Å². The van der Waals surface area contributed by atoms with Gasteiger partial charge in [-0.1, -0.05) is 12.1 Å². The number of nitrogens with two attached hydrogens (primary N) is 1. The zero-order chi connectivity index (χ0) is 9.68. The molecule has 0 fully saturated rings. The van der Waals surface area contributed by atoms with Gasteiger partial charge in [-0.15, -0.1) is 0 Å². The Morgan fingerprint density at radius 2 is 2.23 bits per heavy atom. The predicted octanol–water partition coefficient (Wildman–Crippen LogP) is 0.00890. The summed E-state index contributed by atoms with van der Waals surface area (Å²) in [6, 6.07) is 6.74. The van der Waals surface area contributed by atoms with Crippen LogP contribution in [0.2, 0.25) is 0 Å². The lowest BCUT2D eigenvalue weighted by atomic mass is 10.1. The average Bonchev–Trinajstić information content (AvgIpc) is 2.14. The zero-order valence-electron chi connectivity index (χ0n) is 7.77. The molecule has 0 spiro atoms. The van der Waals surface area contributed by atoms with Crippen LogP contribution in [-0.2, 0) is 0 Å². The van der Waals surface area contributed by atoms with E-state index in [4.69, 9.17) is 5.11 Å². The number of phenolic OH excluding ortho intramolecular Hbond substituents is 1. The summed E-state index contributed by atoms with van der Waals surface area (Å²) in [6.45, 7) is 3.63.